The lowest BCUT2D eigenvalue weighted by atomic mass is 10.2. The van der Waals surface area contributed by atoms with E-state index in [-0.39, 0.29) is 0 Å². The van der Waals surface area contributed by atoms with E-state index in [9.17, 15) is 0 Å². The molecule has 8 heteroatoms. The predicted molar refractivity (Wildman–Crippen MR) is 112 cm³/mol. The molecule has 140 valence electrons. The van der Waals surface area contributed by atoms with E-state index in [4.69, 9.17) is 23.2 Å². The summed E-state index contributed by atoms with van der Waals surface area (Å²) in [5.41, 5.74) is 2.55. The summed E-state index contributed by atoms with van der Waals surface area (Å²) in [6.45, 7) is 1.61. The summed E-state index contributed by atoms with van der Waals surface area (Å²) in [6.07, 6.45) is 3.48. The van der Waals surface area contributed by atoms with Crippen molar-refractivity contribution in [3.8, 4) is 11.3 Å². The van der Waals surface area contributed by atoms with E-state index in [1.165, 1.54) is 0 Å². The van der Waals surface area contributed by atoms with Gasteiger partial charge in [0.05, 0.1) is 15.7 Å². The Kier molecular flexibility index (Phi) is 6.45. The van der Waals surface area contributed by atoms with Crippen LogP contribution >= 0.6 is 23.2 Å². The molecule has 6 nitrogen and oxygen atoms in total. The number of nitrogens with one attached hydrogen (secondary N) is 2. The van der Waals surface area contributed by atoms with Crippen molar-refractivity contribution in [1.82, 2.24) is 19.9 Å². The van der Waals surface area contributed by atoms with Gasteiger partial charge < -0.3 is 15.5 Å². The molecular weight excluding hydrogens is 383 g/mol. The van der Waals surface area contributed by atoms with E-state index < -0.39 is 0 Å². The van der Waals surface area contributed by atoms with Crippen LogP contribution in [0.3, 0.4) is 0 Å². The first-order chi connectivity index (χ1) is 13.0. The Balaban J connectivity index is 1.90. The fourth-order valence-electron chi connectivity index (χ4n) is 2.37. The highest BCUT2D eigenvalue weighted by Gasteiger charge is 2.08. The molecule has 2 N–H and O–H groups in total. The molecule has 0 amide bonds. The molecule has 0 aliphatic heterocycles. The van der Waals surface area contributed by atoms with Crippen molar-refractivity contribution in [1.29, 1.82) is 0 Å². The summed E-state index contributed by atoms with van der Waals surface area (Å²) in [4.78, 5) is 15.3. The molecule has 2 heterocycles. The number of likely N-dealkylation sites (N-methyl/N-ethyl adjacent to an activating group) is 1. The molecule has 0 radical (unpaired) electrons. The van der Waals surface area contributed by atoms with Gasteiger partial charge in [0.1, 0.15) is 5.82 Å². The highest BCUT2D eigenvalue weighted by molar-refractivity contribution is 6.42. The number of nitrogens with zero attached hydrogens (tertiary/aromatic N) is 4. The van der Waals surface area contributed by atoms with Crippen LogP contribution in [-0.4, -0.2) is 47.0 Å². The minimum atomic E-state index is 0.481. The Labute approximate surface area is 168 Å². The third-order valence-corrected chi connectivity index (χ3v) is 4.48. The summed E-state index contributed by atoms with van der Waals surface area (Å²) in [6, 6.07) is 11.1. The van der Waals surface area contributed by atoms with Crippen LogP contribution in [0.25, 0.3) is 11.3 Å². The molecule has 3 rings (SSSR count). The van der Waals surface area contributed by atoms with Crippen molar-refractivity contribution in [3.63, 3.8) is 0 Å². The summed E-state index contributed by atoms with van der Waals surface area (Å²) < 4.78 is 0. The van der Waals surface area contributed by atoms with Gasteiger partial charge >= 0.3 is 0 Å². The third-order valence-electron chi connectivity index (χ3n) is 3.74. The molecule has 2 aromatic heterocycles. The lowest BCUT2D eigenvalue weighted by molar-refractivity contribution is 0.425. The zero-order valence-electron chi connectivity index (χ0n) is 15.1. The van der Waals surface area contributed by atoms with Crippen LogP contribution in [-0.2, 0) is 0 Å². The van der Waals surface area contributed by atoms with Crippen molar-refractivity contribution in [2.24, 2.45) is 0 Å². The van der Waals surface area contributed by atoms with Gasteiger partial charge in [0, 0.05) is 42.8 Å². The van der Waals surface area contributed by atoms with Gasteiger partial charge in [0.15, 0.2) is 0 Å². The second-order valence-electron chi connectivity index (χ2n) is 6.18. The average Bonchev–Trinajstić information content (AvgIpc) is 2.65. The predicted octanol–water partition coefficient (Wildman–Crippen LogP) is 4.56. The second-order valence-corrected chi connectivity index (χ2v) is 7.00. The summed E-state index contributed by atoms with van der Waals surface area (Å²) >= 11 is 12.1. The average molecular weight is 403 g/mol. The molecule has 3 aromatic rings. The Morgan fingerprint density at radius 1 is 0.963 bits per heavy atom. The minimum absolute atomic E-state index is 0.481. The molecule has 0 aliphatic rings. The van der Waals surface area contributed by atoms with Gasteiger partial charge in [-0.3, -0.25) is 4.98 Å². The molecule has 0 aliphatic carbocycles. The van der Waals surface area contributed by atoms with Crippen LogP contribution < -0.4 is 10.6 Å². The Morgan fingerprint density at radius 3 is 2.44 bits per heavy atom. The van der Waals surface area contributed by atoms with Crippen molar-refractivity contribution < 1.29 is 0 Å². The molecule has 0 saturated heterocycles. The molecule has 0 fully saturated rings. The van der Waals surface area contributed by atoms with Gasteiger partial charge in [0.2, 0.25) is 5.95 Å². The first-order valence-electron chi connectivity index (χ1n) is 8.41. The number of pyridine rings is 1. The number of hydrogen-bond acceptors (Lipinski definition) is 6. The van der Waals surface area contributed by atoms with E-state index in [0.717, 1.165) is 30.0 Å². The summed E-state index contributed by atoms with van der Waals surface area (Å²) in [7, 11) is 4.04. The number of rotatable bonds is 7. The van der Waals surface area contributed by atoms with E-state index >= 15 is 0 Å². The van der Waals surface area contributed by atoms with Crippen LogP contribution in [0, 0.1) is 0 Å². The maximum absolute atomic E-state index is 6.11. The third kappa shape index (κ3) is 5.53. The smallest absolute Gasteiger partial charge is 0.225 e. The molecule has 1 aromatic carbocycles. The van der Waals surface area contributed by atoms with E-state index in [2.05, 4.69) is 30.5 Å². The fourth-order valence-corrected chi connectivity index (χ4v) is 2.67. The summed E-state index contributed by atoms with van der Waals surface area (Å²) in [5.74, 6) is 1.20. The first-order valence-corrected chi connectivity index (χ1v) is 9.17. The van der Waals surface area contributed by atoms with Gasteiger partial charge in [-0.15, -0.1) is 0 Å². The molecule has 0 bridgehead atoms. The van der Waals surface area contributed by atoms with Crippen LogP contribution in [0.15, 0.2) is 48.8 Å². The fraction of sp³-hybridized carbons (Fsp3) is 0.211. The minimum Gasteiger partial charge on any atom is -0.353 e. The number of aromatic nitrogens is 3. The lowest BCUT2D eigenvalue weighted by Crippen LogP contribution is -2.21. The highest BCUT2D eigenvalue weighted by atomic mass is 35.5. The normalized spacial score (nSPS) is 10.9. The van der Waals surface area contributed by atoms with E-state index in [1.54, 1.807) is 24.5 Å². The Morgan fingerprint density at radius 2 is 1.74 bits per heavy atom. The maximum Gasteiger partial charge on any atom is 0.225 e. The lowest BCUT2D eigenvalue weighted by Gasteiger charge is -2.13. The Bertz CT molecular complexity index is 902. The molecule has 0 spiro atoms. The molecule has 27 heavy (non-hydrogen) atoms. The number of halogens is 2. The largest absolute Gasteiger partial charge is 0.353 e. The number of anilines is 3. The van der Waals surface area contributed by atoms with Gasteiger partial charge in [0.25, 0.3) is 0 Å². The van der Waals surface area contributed by atoms with Gasteiger partial charge in [-0.25, -0.2) is 4.98 Å². The van der Waals surface area contributed by atoms with Crippen LogP contribution in [0.2, 0.25) is 10.0 Å². The monoisotopic (exact) mass is 402 g/mol. The zero-order valence-corrected chi connectivity index (χ0v) is 16.6. The molecule has 0 saturated carbocycles. The van der Waals surface area contributed by atoms with E-state index in [1.807, 2.05) is 38.4 Å². The van der Waals surface area contributed by atoms with E-state index in [0.29, 0.717) is 21.8 Å². The van der Waals surface area contributed by atoms with Gasteiger partial charge in [-0.2, -0.15) is 4.98 Å². The van der Waals surface area contributed by atoms with Gasteiger partial charge in [-0.05, 0) is 44.4 Å². The van der Waals surface area contributed by atoms with Crippen LogP contribution in [0.4, 0.5) is 17.5 Å². The van der Waals surface area contributed by atoms with Crippen LogP contribution in [0.1, 0.15) is 0 Å². The quantitative estimate of drug-likeness (QED) is 0.603. The standard InChI is InChI=1S/C19H20Cl2N6/c1-27(2)10-9-23-19-25-17(13-5-7-22-8-6-13)12-18(26-19)24-14-3-4-15(20)16(21)11-14/h3-8,11-12H,9-10H2,1-2H3,(H2,23,24,25,26). The topological polar surface area (TPSA) is 66.0 Å². The van der Waals surface area contributed by atoms with Crippen molar-refractivity contribution in [2.75, 3.05) is 37.8 Å². The second kappa shape index (κ2) is 8.99. The number of hydrogen-bond donors (Lipinski definition) is 2. The van der Waals surface area contributed by atoms with Crippen molar-refractivity contribution in [2.45, 2.75) is 0 Å². The molecule has 0 unspecified atom stereocenters. The number of benzene rings is 1. The van der Waals surface area contributed by atoms with Gasteiger partial charge in [-0.1, -0.05) is 23.2 Å². The molecule has 0 atom stereocenters. The van der Waals surface area contributed by atoms with Crippen molar-refractivity contribution >= 4 is 40.7 Å². The van der Waals surface area contributed by atoms with Crippen molar-refractivity contribution in [3.05, 3.63) is 58.8 Å². The Hall–Kier alpha value is -2.41. The highest BCUT2D eigenvalue weighted by Crippen LogP contribution is 2.28. The van der Waals surface area contributed by atoms with Crippen LogP contribution in [0.5, 0.6) is 0 Å². The SMILES string of the molecule is CN(C)CCNc1nc(Nc2ccc(Cl)c(Cl)c2)cc(-c2ccncc2)n1. The maximum atomic E-state index is 6.11. The zero-order chi connectivity index (χ0) is 19.2. The summed E-state index contributed by atoms with van der Waals surface area (Å²) in [5, 5.41) is 7.52. The first kappa shape index (κ1) is 19.4. The molecular formula is C19H20Cl2N6.